The summed E-state index contributed by atoms with van der Waals surface area (Å²) in [5.41, 5.74) is 6.63. The minimum atomic E-state index is -0.563. The number of nitrogens with zero attached hydrogens (tertiary/aromatic N) is 2. The molecule has 0 atom stereocenters. The number of aryl methyl sites for hydroxylation is 1. The number of aromatic nitrogens is 2. The van der Waals surface area contributed by atoms with Crippen LogP contribution in [0.1, 0.15) is 48.9 Å². The Balaban J connectivity index is 2.07. The number of carbonyl (C=O) groups is 2. The van der Waals surface area contributed by atoms with E-state index in [1.807, 2.05) is 0 Å². The number of ether oxygens (including phenoxy) is 1. The molecule has 2 amide bonds. The van der Waals surface area contributed by atoms with Crippen LogP contribution in [0.5, 0.6) is 0 Å². The number of primary amides is 1. The number of amides is 2. The van der Waals surface area contributed by atoms with E-state index in [0.717, 1.165) is 25.1 Å². The van der Waals surface area contributed by atoms with Gasteiger partial charge in [0.2, 0.25) is 0 Å². The summed E-state index contributed by atoms with van der Waals surface area (Å²) in [7, 11) is 0. The van der Waals surface area contributed by atoms with Crippen molar-refractivity contribution in [3.8, 4) is 0 Å². The highest BCUT2D eigenvalue weighted by molar-refractivity contribution is 5.95. The summed E-state index contributed by atoms with van der Waals surface area (Å²) in [5, 5.41) is 6.92. The molecule has 0 saturated heterocycles. The average molecular weight is 280 g/mol. The van der Waals surface area contributed by atoms with Crippen LogP contribution >= 0.6 is 0 Å². The highest BCUT2D eigenvalue weighted by atomic mass is 16.6. The van der Waals surface area contributed by atoms with Gasteiger partial charge in [-0.1, -0.05) is 0 Å². The van der Waals surface area contributed by atoms with Crippen LogP contribution in [0, 0.1) is 0 Å². The van der Waals surface area contributed by atoms with E-state index in [-0.39, 0.29) is 6.54 Å². The Bertz CT molecular complexity index is 543. The molecule has 0 bridgehead atoms. The maximum atomic E-state index is 11.6. The summed E-state index contributed by atoms with van der Waals surface area (Å²) in [6.07, 6.45) is 1.21. The molecule has 1 aromatic heterocycles. The van der Waals surface area contributed by atoms with Crippen LogP contribution in [0.4, 0.5) is 4.79 Å². The number of carbonyl (C=O) groups excluding carboxylic acids is 2. The van der Waals surface area contributed by atoms with Gasteiger partial charge in [0.15, 0.2) is 0 Å². The van der Waals surface area contributed by atoms with Crippen LogP contribution < -0.4 is 11.1 Å². The van der Waals surface area contributed by atoms with Crippen molar-refractivity contribution in [3.63, 3.8) is 0 Å². The molecule has 110 valence electrons. The second kappa shape index (κ2) is 5.15. The topological polar surface area (TPSA) is 99.2 Å². The fraction of sp³-hybridized carbons (Fsp3) is 0.615. The van der Waals surface area contributed by atoms with Crippen molar-refractivity contribution in [1.29, 1.82) is 0 Å². The Morgan fingerprint density at radius 3 is 2.75 bits per heavy atom. The average Bonchev–Trinajstić information content (AvgIpc) is 2.81. The highest BCUT2D eigenvalue weighted by Gasteiger charge is 2.25. The Hall–Kier alpha value is -2.05. The maximum Gasteiger partial charge on any atom is 0.407 e. The maximum absolute atomic E-state index is 11.6. The van der Waals surface area contributed by atoms with E-state index in [0.29, 0.717) is 11.3 Å². The lowest BCUT2D eigenvalue weighted by Gasteiger charge is -2.19. The molecular formula is C13H20N4O3. The van der Waals surface area contributed by atoms with Crippen LogP contribution in [0.15, 0.2) is 0 Å². The number of nitrogens with one attached hydrogen (secondary N) is 1. The molecule has 1 aliphatic heterocycles. The largest absolute Gasteiger partial charge is 0.444 e. The molecule has 3 N–H and O–H groups in total. The lowest BCUT2D eigenvalue weighted by molar-refractivity contribution is 0.0522. The van der Waals surface area contributed by atoms with Gasteiger partial charge in [0.25, 0.3) is 5.91 Å². The molecule has 7 nitrogen and oxygen atoms in total. The number of hydrogen-bond acceptors (Lipinski definition) is 4. The van der Waals surface area contributed by atoms with E-state index in [4.69, 9.17) is 10.5 Å². The molecule has 0 spiro atoms. The van der Waals surface area contributed by atoms with Gasteiger partial charge in [0.05, 0.1) is 23.5 Å². The van der Waals surface area contributed by atoms with Gasteiger partial charge in [-0.3, -0.25) is 9.48 Å². The lowest BCUT2D eigenvalue weighted by atomic mass is 10.1. The first-order valence-electron chi connectivity index (χ1n) is 6.63. The fourth-order valence-electron chi connectivity index (χ4n) is 2.27. The Morgan fingerprint density at radius 1 is 1.45 bits per heavy atom. The van der Waals surface area contributed by atoms with Crippen molar-refractivity contribution >= 4 is 12.0 Å². The van der Waals surface area contributed by atoms with Gasteiger partial charge in [-0.05, 0) is 33.6 Å². The summed E-state index contributed by atoms with van der Waals surface area (Å²) < 4.78 is 6.92. The van der Waals surface area contributed by atoms with Crippen LogP contribution in [-0.2, 0) is 24.2 Å². The van der Waals surface area contributed by atoms with Crippen LogP contribution in [0.2, 0.25) is 0 Å². The molecular weight excluding hydrogens is 260 g/mol. The minimum absolute atomic E-state index is 0.132. The fourth-order valence-corrected chi connectivity index (χ4v) is 2.27. The lowest BCUT2D eigenvalue weighted by Crippen LogP contribution is -2.32. The second-order valence-electron chi connectivity index (χ2n) is 5.81. The quantitative estimate of drug-likeness (QED) is 0.861. The van der Waals surface area contributed by atoms with E-state index in [2.05, 4.69) is 10.4 Å². The van der Waals surface area contributed by atoms with Crippen molar-refractivity contribution in [2.45, 2.75) is 52.3 Å². The number of hydrogen-bond donors (Lipinski definition) is 2. The van der Waals surface area contributed by atoms with E-state index >= 15 is 0 Å². The van der Waals surface area contributed by atoms with Gasteiger partial charge in [-0.15, -0.1) is 0 Å². The highest BCUT2D eigenvalue weighted by Crippen LogP contribution is 2.21. The SMILES string of the molecule is CC(C)(C)OC(=O)NCc1nn2c(c1C(N)=O)CCC2. The second-order valence-corrected chi connectivity index (χ2v) is 5.81. The molecule has 0 aliphatic carbocycles. The van der Waals surface area contributed by atoms with Gasteiger partial charge in [-0.25, -0.2) is 4.79 Å². The predicted molar refractivity (Wildman–Crippen MR) is 72.1 cm³/mol. The molecule has 1 aliphatic rings. The van der Waals surface area contributed by atoms with Crippen LogP contribution in [0.25, 0.3) is 0 Å². The predicted octanol–water partition coefficient (Wildman–Crippen LogP) is 0.953. The number of fused-ring (bicyclic) bond motifs is 1. The first kappa shape index (κ1) is 14.4. The van der Waals surface area contributed by atoms with Crippen molar-refractivity contribution in [3.05, 3.63) is 17.0 Å². The molecule has 20 heavy (non-hydrogen) atoms. The number of alkyl carbamates (subject to hydrolysis) is 1. The first-order valence-corrected chi connectivity index (χ1v) is 6.63. The van der Waals surface area contributed by atoms with Crippen molar-refractivity contribution in [2.75, 3.05) is 0 Å². The summed E-state index contributed by atoms with van der Waals surface area (Å²) in [6, 6.07) is 0. The van der Waals surface area contributed by atoms with Crippen molar-refractivity contribution in [2.24, 2.45) is 5.73 Å². The smallest absolute Gasteiger partial charge is 0.407 e. The summed E-state index contributed by atoms with van der Waals surface area (Å²) in [5.74, 6) is -0.505. The minimum Gasteiger partial charge on any atom is -0.444 e. The molecule has 0 fully saturated rings. The number of nitrogens with two attached hydrogens (primary N) is 1. The third-order valence-electron chi connectivity index (χ3n) is 2.96. The Morgan fingerprint density at radius 2 is 2.15 bits per heavy atom. The van der Waals surface area contributed by atoms with E-state index < -0.39 is 17.6 Å². The van der Waals surface area contributed by atoms with E-state index in [9.17, 15) is 9.59 Å². The molecule has 2 rings (SSSR count). The molecule has 2 heterocycles. The van der Waals surface area contributed by atoms with Gasteiger partial charge in [0, 0.05) is 6.54 Å². The van der Waals surface area contributed by atoms with Gasteiger partial charge < -0.3 is 15.8 Å². The molecule has 0 aromatic carbocycles. The van der Waals surface area contributed by atoms with E-state index in [1.165, 1.54) is 0 Å². The molecule has 0 radical (unpaired) electrons. The molecule has 1 aromatic rings. The molecule has 0 saturated carbocycles. The first-order chi connectivity index (χ1) is 9.28. The summed E-state index contributed by atoms with van der Waals surface area (Å²) in [4.78, 5) is 23.1. The van der Waals surface area contributed by atoms with Crippen LogP contribution in [-0.4, -0.2) is 27.4 Å². The van der Waals surface area contributed by atoms with Gasteiger partial charge in [0.1, 0.15) is 5.60 Å². The van der Waals surface area contributed by atoms with Crippen molar-refractivity contribution < 1.29 is 14.3 Å². The normalized spacial score (nSPS) is 13.9. The van der Waals surface area contributed by atoms with Gasteiger partial charge in [-0.2, -0.15) is 5.10 Å². The zero-order chi connectivity index (χ0) is 14.9. The summed E-state index contributed by atoms with van der Waals surface area (Å²) in [6.45, 7) is 6.26. The van der Waals surface area contributed by atoms with Crippen LogP contribution in [0.3, 0.4) is 0 Å². The Kier molecular flexibility index (Phi) is 3.69. The zero-order valence-electron chi connectivity index (χ0n) is 12.0. The number of rotatable bonds is 3. The Labute approximate surface area is 117 Å². The molecule has 7 heteroatoms. The van der Waals surface area contributed by atoms with Gasteiger partial charge >= 0.3 is 6.09 Å². The molecule has 0 unspecified atom stereocenters. The zero-order valence-corrected chi connectivity index (χ0v) is 12.0. The standard InChI is InChI=1S/C13H20N4O3/c1-13(2,3)20-12(19)15-7-8-10(11(14)18)9-5-4-6-17(9)16-8/h4-7H2,1-3H3,(H2,14,18)(H,15,19). The third-order valence-corrected chi connectivity index (χ3v) is 2.96. The van der Waals surface area contributed by atoms with Crippen molar-refractivity contribution in [1.82, 2.24) is 15.1 Å². The monoisotopic (exact) mass is 280 g/mol. The van der Waals surface area contributed by atoms with E-state index in [1.54, 1.807) is 25.5 Å². The summed E-state index contributed by atoms with van der Waals surface area (Å²) >= 11 is 0. The third kappa shape index (κ3) is 3.09.